The molecule has 200 valence electrons. The van der Waals surface area contributed by atoms with Crippen molar-refractivity contribution in [3.63, 3.8) is 0 Å². The van der Waals surface area contributed by atoms with Crippen LogP contribution in [0.25, 0.3) is 6.08 Å². The summed E-state index contributed by atoms with van der Waals surface area (Å²) in [5.41, 5.74) is 2.92. The summed E-state index contributed by atoms with van der Waals surface area (Å²) in [6.45, 7) is 4.43. The molecule has 2 aromatic carbocycles. The van der Waals surface area contributed by atoms with Crippen LogP contribution in [-0.4, -0.2) is 25.6 Å². The smallest absolute Gasteiger partial charge is 0.341 e. The fraction of sp³-hybridized carbons (Fsp3) is 0.310. The summed E-state index contributed by atoms with van der Waals surface area (Å²) in [5, 5.41) is 4.48. The molecule has 38 heavy (non-hydrogen) atoms. The number of nitrogens with one attached hydrogen (secondary N) is 1. The third-order valence-corrected chi connectivity index (χ3v) is 8.15. The van der Waals surface area contributed by atoms with Crippen molar-refractivity contribution in [2.24, 2.45) is 5.92 Å². The summed E-state index contributed by atoms with van der Waals surface area (Å²) in [5.74, 6) is 0.832. The van der Waals surface area contributed by atoms with E-state index in [4.69, 9.17) is 37.4 Å². The van der Waals surface area contributed by atoms with E-state index in [-0.39, 0.29) is 19.1 Å². The fourth-order valence-corrected chi connectivity index (χ4v) is 6.22. The molecule has 1 atom stereocenters. The van der Waals surface area contributed by atoms with Crippen molar-refractivity contribution in [3.8, 4) is 11.5 Å². The number of rotatable bonds is 9. The van der Waals surface area contributed by atoms with Crippen LogP contribution in [0.15, 0.2) is 42.5 Å². The Morgan fingerprint density at radius 1 is 1.16 bits per heavy atom. The first-order valence-electron chi connectivity index (χ1n) is 12.3. The van der Waals surface area contributed by atoms with E-state index in [1.807, 2.05) is 6.07 Å². The van der Waals surface area contributed by atoms with Crippen molar-refractivity contribution >= 4 is 57.5 Å². The Balaban J connectivity index is 1.47. The number of esters is 1. The zero-order valence-electron chi connectivity index (χ0n) is 21.4. The van der Waals surface area contributed by atoms with Crippen molar-refractivity contribution in [2.75, 3.05) is 19.0 Å². The molecule has 1 unspecified atom stereocenters. The van der Waals surface area contributed by atoms with E-state index in [1.54, 1.807) is 50.4 Å². The van der Waals surface area contributed by atoms with E-state index in [0.29, 0.717) is 43.6 Å². The predicted molar refractivity (Wildman–Crippen MR) is 153 cm³/mol. The summed E-state index contributed by atoms with van der Waals surface area (Å²) >= 11 is 13.9. The minimum absolute atomic E-state index is 0.179. The molecule has 1 aliphatic rings. The lowest BCUT2D eigenvalue weighted by molar-refractivity contribution is -0.111. The van der Waals surface area contributed by atoms with Crippen molar-refractivity contribution in [3.05, 3.63) is 79.7 Å². The third kappa shape index (κ3) is 6.52. The molecule has 1 heterocycles. The van der Waals surface area contributed by atoms with Crippen LogP contribution in [0.3, 0.4) is 0 Å². The average molecular weight is 575 g/mol. The number of hydrogen-bond acceptors (Lipinski definition) is 6. The number of amides is 1. The van der Waals surface area contributed by atoms with E-state index in [2.05, 4.69) is 12.2 Å². The molecule has 0 radical (unpaired) electrons. The average Bonchev–Trinajstić information content (AvgIpc) is 3.24. The number of benzene rings is 2. The fourth-order valence-electron chi connectivity index (χ4n) is 4.31. The normalized spacial score (nSPS) is 14.7. The number of anilines is 1. The van der Waals surface area contributed by atoms with Gasteiger partial charge in [-0.15, -0.1) is 11.3 Å². The van der Waals surface area contributed by atoms with Gasteiger partial charge in [-0.25, -0.2) is 4.79 Å². The van der Waals surface area contributed by atoms with Crippen molar-refractivity contribution in [1.82, 2.24) is 0 Å². The minimum Gasteiger partial charge on any atom is -0.493 e. The van der Waals surface area contributed by atoms with Gasteiger partial charge in [-0.3, -0.25) is 4.79 Å². The first-order chi connectivity index (χ1) is 18.3. The Bertz CT molecular complexity index is 1350. The Morgan fingerprint density at radius 2 is 1.92 bits per heavy atom. The Labute approximate surface area is 236 Å². The van der Waals surface area contributed by atoms with E-state index in [9.17, 15) is 9.59 Å². The molecule has 9 heteroatoms. The number of carbonyl (C=O) groups excluding carboxylic acids is 2. The molecule has 6 nitrogen and oxygen atoms in total. The lowest BCUT2D eigenvalue weighted by Crippen LogP contribution is -2.15. The number of halogens is 2. The lowest BCUT2D eigenvalue weighted by Gasteiger charge is -2.18. The van der Waals surface area contributed by atoms with Gasteiger partial charge in [0.05, 0.1) is 19.3 Å². The molecular weight excluding hydrogens is 545 g/mol. The van der Waals surface area contributed by atoms with Gasteiger partial charge in [0.25, 0.3) is 0 Å². The van der Waals surface area contributed by atoms with Crippen LogP contribution in [0, 0.1) is 5.92 Å². The van der Waals surface area contributed by atoms with Gasteiger partial charge in [-0.1, -0.05) is 42.3 Å². The van der Waals surface area contributed by atoms with Gasteiger partial charge < -0.3 is 19.5 Å². The van der Waals surface area contributed by atoms with Gasteiger partial charge in [-0.05, 0) is 73.6 Å². The molecule has 3 aromatic rings. The highest BCUT2D eigenvalue weighted by molar-refractivity contribution is 7.17. The quantitative estimate of drug-likeness (QED) is 0.211. The third-order valence-electron chi connectivity index (χ3n) is 6.28. The van der Waals surface area contributed by atoms with Gasteiger partial charge in [0, 0.05) is 26.6 Å². The van der Waals surface area contributed by atoms with Crippen LogP contribution in [0.1, 0.15) is 52.2 Å². The second-order valence-electron chi connectivity index (χ2n) is 9.00. The van der Waals surface area contributed by atoms with Gasteiger partial charge in [-0.2, -0.15) is 0 Å². The first kappa shape index (κ1) is 28.0. The zero-order valence-corrected chi connectivity index (χ0v) is 23.8. The highest BCUT2D eigenvalue weighted by Crippen LogP contribution is 2.40. The lowest BCUT2D eigenvalue weighted by atomic mass is 9.88. The molecule has 0 bridgehead atoms. The van der Waals surface area contributed by atoms with E-state index >= 15 is 0 Å². The number of methoxy groups -OCH3 is 1. The Kier molecular flexibility index (Phi) is 9.36. The van der Waals surface area contributed by atoms with Crippen molar-refractivity contribution in [2.45, 2.75) is 39.7 Å². The molecule has 0 fully saturated rings. The summed E-state index contributed by atoms with van der Waals surface area (Å²) in [4.78, 5) is 26.7. The van der Waals surface area contributed by atoms with E-state index in [1.165, 1.54) is 17.4 Å². The Morgan fingerprint density at radius 3 is 2.63 bits per heavy atom. The summed E-state index contributed by atoms with van der Waals surface area (Å²) in [7, 11) is 1.54. The molecule has 0 saturated carbocycles. The van der Waals surface area contributed by atoms with Crippen LogP contribution in [0.2, 0.25) is 10.0 Å². The monoisotopic (exact) mass is 573 g/mol. The van der Waals surface area contributed by atoms with Crippen LogP contribution < -0.4 is 14.8 Å². The predicted octanol–water partition coefficient (Wildman–Crippen LogP) is 7.60. The van der Waals surface area contributed by atoms with Crippen LogP contribution in [0.4, 0.5) is 5.00 Å². The van der Waals surface area contributed by atoms with Crippen LogP contribution >= 0.6 is 34.5 Å². The maximum atomic E-state index is 12.8. The summed E-state index contributed by atoms with van der Waals surface area (Å²) in [6, 6.07) is 10.6. The molecule has 0 saturated heterocycles. The molecule has 1 aliphatic carbocycles. The highest BCUT2D eigenvalue weighted by atomic mass is 35.5. The number of carbonyl (C=O) groups is 2. The number of thiophene rings is 1. The summed E-state index contributed by atoms with van der Waals surface area (Å²) in [6.07, 6.45) is 5.82. The van der Waals surface area contributed by atoms with E-state index in [0.717, 1.165) is 35.3 Å². The van der Waals surface area contributed by atoms with Crippen molar-refractivity contribution < 1.29 is 23.8 Å². The van der Waals surface area contributed by atoms with Gasteiger partial charge in [0.15, 0.2) is 11.5 Å². The van der Waals surface area contributed by atoms with Gasteiger partial charge in [0.1, 0.15) is 11.6 Å². The second-order valence-corrected chi connectivity index (χ2v) is 10.9. The Hall–Kier alpha value is -3.00. The molecule has 1 N–H and O–H groups in total. The van der Waals surface area contributed by atoms with Gasteiger partial charge in [0.2, 0.25) is 5.91 Å². The van der Waals surface area contributed by atoms with E-state index < -0.39 is 5.97 Å². The van der Waals surface area contributed by atoms with Crippen molar-refractivity contribution in [1.29, 1.82) is 0 Å². The molecule has 1 aromatic heterocycles. The minimum atomic E-state index is -0.391. The number of ether oxygens (including phenoxy) is 3. The molecule has 1 amide bonds. The van der Waals surface area contributed by atoms with Crippen LogP contribution in [0.5, 0.6) is 11.5 Å². The first-order valence-corrected chi connectivity index (χ1v) is 13.9. The SMILES string of the molecule is CCOC(=O)c1c(NC(=O)/C=C/c2ccc(OCc3c(Cl)cccc3Cl)c(OC)c2)sc2c1CCC(C)C2. The molecular formula is C29H29Cl2NO5S. The number of fused-ring (bicyclic) bond motifs is 1. The largest absolute Gasteiger partial charge is 0.493 e. The maximum absolute atomic E-state index is 12.8. The molecule has 0 aliphatic heterocycles. The highest BCUT2D eigenvalue weighted by Gasteiger charge is 2.28. The van der Waals surface area contributed by atoms with Gasteiger partial charge >= 0.3 is 5.97 Å². The molecule has 4 rings (SSSR count). The number of hydrogen-bond donors (Lipinski definition) is 1. The topological polar surface area (TPSA) is 73.9 Å². The summed E-state index contributed by atoms with van der Waals surface area (Å²) < 4.78 is 16.7. The molecule has 0 spiro atoms. The zero-order chi connectivity index (χ0) is 27.2. The standard InChI is InChI=1S/C29H29Cl2NO5S/c1-4-36-29(34)27-19-11-8-17(2)14-25(19)38-28(27)32-26(33)13-10-18-9-12-23(24(15-18)35-3)37-16-20-21(30)6-5-7-22(20)31/h5-7,9-10,12-13,15,17H,4,8,11,14,16H2,1-3H3,(H,32,33)/b13-10+. The van der Waals surface area contributed by atoms with Crippen LogP contribution in [-0.2, 0) is 29.0 Å². The maximum Gasteiger partial charge on any atom is 0.341 e. The second kappa shape index (κ2) is 12.7.